The maximum absolute atomic E-state index is 12.3. The minimum atomic E-state index is -0.361. The second-order valence-corrected chi connectivity index (χ2v) is 8.37. The SMILES string of the molecule is Cc1ccc(NC(=O)c2nnc(C(=O)NCCCN3CCCC(C)C3)s2)cc1. The Morgan fingerprint density at radius 2 is 1.89 bits per heavy atom. The molecule has 2 amide bonds. The molecule has 1 aromatic heterocycles. The van der Waals surface area contributed by atoms with Crippen LogP contribution in [0.25, 0.3) is 0 Å². The van der Waals surface area contributed by atoms with E-state index < -0.39 is 0 Å². The van der Waals surface area contributed by atoms with E-state index in [9.17, 15) is 9.59 Å². The summed E-state index contributed by atoms with van der Waals surface area (Å²) in [4.78, 5) is 26.9. The van der Waals surface area contributed by atoms with Gasteiger partial charge in [0.05, 0.1) is 0 Å². The number of carbonyl (C=O) groups excluding carboxylic acids is 2. The molecule has 150 valence electrons. The van der Waals surface area contributed by atoms with Crippen molar-refractivity contribution < 1.29 is 9.59 Å². The number of likely N-dealkylation sites (tertiary alicyclic amines) is 1. The summed E-state index contributed by atoms with van der Waals surface area (Å²) in [7, 11) is 0. The van der Waals surface area contributed by atoms with E-state index in [-0.39, 0.29) is 21.8 Å². The molecule has 0 bridgehead atoms. The van der Waals surface area contributed by atoms with Crippen LogP contribution >= 0.6 is 11.3 Å². The first-order valence-corrected chi connectivity index (χ1v) is 10.5. The Hall–Kier alpha value is -2.32. The zero-order valence-corrected chi connectivity index (χ0v) is 17.2. The minimum Gasteiger partial charge on any atom is -0.350 e. The van der Waals surface area contributed by atoms with Gasteiger partial charge < -0.3 is 15.5 Å². The number of carbonyl (C=O) groups is 2. The number of hydrogen-bond donors (Lipinski definition) is 2. The Bertz CT molecular complexity index is 805. The summed E-state index contributed by atoms with van der Waals surface area (Å²) < 4.78 is 0. The van der Waals surface area contributed by atoms with Crippen molar-refractivity contribution in [2.75, 3.05) is 31.5 Å². The fourth-order valence-corrected chi connectivity index (χ4v) is 3.95. The number of aromatic nitrogens is 2. The van der Waals surface area contributed by atoms with Gasteiger partial charge in [0.15, 0.2) is 0 Å². The third kappa shape index (κ3) is 5.84. The summed E-state index contributed by atoms with van der Waals surface area (Å²) in [6.45, 7) is 8.14. The number of nitrogens with zero attached hydrogens (tertiary/aromatic N) is 3. The van der Waals surface area contributed by atoms with Crippen molar-refractivity contribution in [3.8, 4) is 0 Å². The monoisotopic (exact) mass is 401 g/mol. The molecule has 28 heavy (non-hydrogen) atoms. The van der Waals surface area contributed by atoms with Crippen LogP contribution in [0.1, 0.15) is 51.4 Å². The average molecular weight is 402 g/mol. The van der Waals surface area contributed by atoms with E-state index in [1.54, 1.807) is 0 Å². The van der Waals surface area contributed by atoms with E-state index in [4.69, 9.17) is 0 Å². The number of aryl methyl sites for hydroxylation is 1. The van der Waals surface area contributed by atoms with Crippen LogP contribution in [0.15, 0.2) is 24.3 Å². The van der Waals surface area contributed by atoms with Crippen LogP contribution in [-0.2, 0) is 0 Å². The number of rotatable bonds is 7. The summed E-state index contributed by atoms with van der Waals surface area (Å²) in [5, 5.41) is 13.7. The van der Waals surface area contributed by atoms with Gasteiger partial charge in [0, 0.05) is 18.8 Å². The maximum atomic E-state index is 12.3. The fourth-order valence-electron chi connectivity index (χ4n) is 3.30. The van der Waals surface area contributed by atoms with E-state index in [1.165, 1.54) is 12.8 Å². The molecular weight excluding hydrogens is 374 g/mol. The Kier molecular flexibility index (Phi) is 7.11. The van der Waals surface area contributed by atoms with Crippen LogP contribution in [-0.4, -0.2) is 53.1 Å². The van der Waals surface area contributed by atoms with Crippen LogP contribution in [0.3, 0.4) is 0 Å². The summed E-state index contributed by atoms with van der Waals surface area (Å²) in [5.74, 6) is 0.118. The van der Waals surface area contributed by atoms with E-state index >= 15 is 0 Å². The fraction of sp³-hybridized carbons (Fsp3) is 0.500. The van der Waals surface area contributed by atoms with Gasteiger partial charge in [-0.25, -0.2) is 0 Å². The van der Waals surface area contributed by atoms with E-state index in [0.29, 0.717) is 12.2 Å². The molecule has 1 unspecified atom stereocenters. The molecule has 1 aliphatic heterocycles. The van der Waals surface area contributed by atoms with Crippen molar-refractivity contribution >= 4 is 28.8 Å². The van der Waals surface area contributed by atoms with Crippen LogP contribution in [0.4, 0.5) is 5.69 Å². The number of anilines is 1. The summed E-state index contributed by atoms with van der Waals surface area (Å²) in [6, 6.07) is 7.48. The van der Waals surface area contributed by atoms with Gasteiger partial charge in [0.1, 0.15) is 0 Å². The molecule has 3 rings (SSSR count). The molecule has 1 aliphatic rings. The number of piperidine rings is 1. The lowest BCUT2D eigenvalue weighted by Gasteiger charge is -2.30. The lowest BCUT2D eigenvalue weighted by Crippen LogP contribution is -2.36. The highest BCUT2D eigenvalue weighted by atomic mass is 32.1. The molecule has 0 radical (unpaired) electrons. The maximum Gasteiger partial charge on any atom is 0.286 e. The summed E-state index contributed by atoms with van der Waals surface area (Å²) in [6.07, 6.45) is 3.47. The van der Waals surface area contributed by atoms with E-state index in [0.717, 1.165) is 48.9 Å². The summed E-state index contributed by atoms with van der Waals surface area (Å²) in [5.41, 5.74) is 1.80. The van der Waals surface area contributed by atoms with Crippen molar-refractivity contribution in [3.63, 3.8) is 0 Å². The number of hydrogen-bond acceptors (Lipinski definition) is 6. The number of benzene rings is 1. The average Bonchev–Trinajstić information content (AvgIpc) is 3.17. The molecule has 1 aromatic carbocycles. The summed E-state index contributed by atoms with van der Waals surface area (Å²) >= 11 is 1.00. The van der Waals surface area contributed by atoms with Crippen molar-refractivity contribution in [1.29, 1.82) is 0 Å². The van der Waals surface area contributed by atoms with Gasteiger partial charge in [-0.2, -0.15) is 0 Å². The highest BCUT2D eigenvalue weighted by Crippen LogP contribution is 2.16. The highest BCUT2D eigenvalue weighted by Gasteiger charge is 2.18. The first kappa shape index (κ1) is 20.4. The van der Waals surface area contributed by atoms with Gasteiger partial charge in [-0.15, -0.1) is 10.2 Å². The van der Waals surface area contributed by atoms with Gasteiger partial charge in [-0.1, -0.05) is 36.0 Å². The van der Waals surface area contributed by atoms with Gasteiger partial charge in [0.2, 0.25) is 10.0 Å². The Labute approximate surface area is 169 Å². The lowest BCUT2D eigenvalue weighted by molar-refractivity contribution is 0.0947. The van der Waals surface area contributed by atoms with Gasteiger partial charge >= 0.3 is 0 Å². The largest absolute Gasteiger partial charge is 0.350 e. The molecule has 7 nitrogen and oxygen atoms in total. The quantitative estimate of drug-likeness (QED) is 0.697. The molecule has 2 heterocycles. The van der Waals surface area contributed by atoms with Crippen LogP contribution in [0, 0.1) is 12.8 Å². The van der Waals surface area contributed by atoms with Crippen molar-refractivity contribution in [3.05, 3.63) is 39.8 Å². The van der Waals surface area contributed by atoms with Crippen LogP contribution in [0.2, 0.25) is 0 Å². The Morgan fingerprint density at radius 3 is 2.61 bits per heavy atom. The predicted molar refractivity (Wildman–Crippen MR) is 111 cm³/mol. The molecule has 0 spiro atoms. The highest BCUT2D eigenvalue weighted by molar-refractivity contribution is 7.15. The smallest absolute Gasteiger partial charge is 0.286 e. The van der Waals surface area contributed by atoms with Crippen LogP contribution in [0.5, 0.6) is 0 Å². The zero-order valence-electron chi connectivity index (χ0n) is 16.4. The molecule has 2 N–H and O–H groups in total. The number of amides is 2. The molecule has 2 aromatic rings. The third-order valence-electron chi connectivity index (χ3n) is 4.80. The van der Waals surface area contributed by atoms with Crippen LogP contribution < -0.4 is 10.6 Å². The lowest BCUT2D eigenvalue weighted by atomic mass is 10.0. The zero-order chi connectivity index (χ0) is 19.9. The first-order valence-electron chi connectivity index (χ1n) is 9.73. The second-order valence-electron chi connectivity index (χ2n) is 7.39. The van der Waals surface area contributed by atoms with Gasteiger partial charge in [-0.05, 0) is 57.3 Å². The molecule has 1 atom stereocenters. The molecule has 1 fully saturated rings. The topological polar surface area (TPSA) is 87.2 Å². The normalized spacial score (nSPS) is 17.3. The molecule has 0 saturated carbocycles. The second kappa shape index (κ2) is 9.75. The standard InChI is InChI=1S/C20H27N5O2S/c1-14-6-8-16(9-7-14)22-18(27)20-24-23-19(28-20)17(26)21-10-4-12-25-11-3-5-15(2)13-25/h6-9,15H,3-5,10-13H2,1-2H3,(H,21,26)(H,22,27). The molecule has 0 aliphatic carbocycles. The van der Waals surface area contributed by atoms with E-state index in [2.05, 4.69) is 32.7 Å². The van der Waals surface area contributed by atoms with Gasteiger partial charge in [0.25, 0.3) is 11.8 Å². The minimum absolute atomic E-state index is 0.174. The number of nitrogens with one attached hydrogen (secondary N) is 2. The molecule has 8 heteroatoms. The Balaban J connectivity index is 1.43. The molecule has 1 saturated heterocycles. The van der Waals surface area contributed by atoms with Crippen molar-refractivity contribution in [2.45, 2.75) is 33.1 Å². The molecular formula is C20H27N5O2S. The van der Waals surface area contributed by atoms with Crippen molar-refractivity contribution in [2.24, 2.45) is 5.92 Å². The van der Waals surface area contributed by atoms with Gasteiger partial charge in [-0.3, -0.25) is 9.59 Å². The Morgan fingerprint density at radius 1 is 1.18 bits per heavy atom. The van der Waals surface area contributed by atoms with Crippen molar-refractivity contribution in [1.82, 2.24) is 20.4 Å². The first-order chi connectivity index (χ1) is 13.5. The third-order valence-corrected chi connectivity index (χ3v) is 5.72. The van der Waals surface area contributed by atoms with E-state index in [1.807, 2.05) is 31.2 Å². The predicted octanol–water partition coefficient (Wildman–Crippen LogP) is 2.95.